The molecule has 3 amide bonds. The van der Waals surface area contributed by atoms with E-state index in [9.17, 15) is 24.3 Å². The first kappa shape index (κ1) is 29.7. The van der Waals surface area contributed by atoms with Crippen LogP contribution in [0.1, 0.15) is 43.2 Å². The SMILES string of the molecule is O=C1CCNC(=O)C2(CCN(C(=O)CCCn3cnnn3)CC2)Cc2cccc(c2)Oc2ccc(cc2)C[C@@H](C(=O)O)N1. The van der Waals surface area contributed by atoms with E-state index < -0.39 is 23.3 Å². The van der Waals surface area contributed by atoms with Crippen LogP contribution in [0.2, 0.25) is 0 Å². The number of hydrogen-bond acceptors (Lipinski definition) is 8. The Labute approximate surface area is 248 Å². The van der Waals surface area contributed by atoms with Crippen LogP contribution < -0.4 is 15.4 Å². The number of fused-ring (bicyclic) bond motifs is 9. The predicted octanol–water partition coefficient (Wildman–Crippen LogP) is 1.73. The molecule has 0 saturated carbocycles. The largest absolute Gasteiger partial charge is 0.480 e. The van der Waals surface area contributed by atoms with Crippen molar-refractivity contribution in [1.29, 1.82) is 0 Å². The molecule has 3 aromatic rings. The van der Waals surface area contributed by atoms with Gasteiger partial charge in [0.15, 0.2) is 0 Å². The second-order valence-corrected chi connectivity index (χ2v) is 11.1. The number of benzene rings is 2. The minimum absolute atomic E-state index is 0.0228. The lowest BCUT2D eigenvalue weighted by Gasteiger charge is -2.41. The number of tetrazole rings is 1. The van der Waals surface area contributed by atoms with Crippen molar-refractivity contribution in [1.82, 2.24) is 35.7 Å². The van der Waals surface area contributed by atoms with Crippen molar-refractivity contribution in [3.63, 3.8) is 0 Å². The van der Waals surface area contributed by atoms with Gasteiger partial charge in [-0.25, -0.2) is 9.48 Å². The first-order chi connectivity index (χ1) is 20.8. The van der Waals surface area contributed by atoms with E-state index in [0.717, 1.165) is 11.1 Å². The van der Waals surface area contributed by atoms with Crippen LogP contribution in [0, 0.1) is 5.41 Å². The van der Waals surface area contributed by atoms with E-state index in [1.807, 2.05) is 24.3 Å². The van der Waals surface area contributed by atoms with Crippen molar-refractivity contribution in [2.75, 3.05) is 19.6 Å². The maximum absolute atomic E-state index is 13.7. The Hall–Kier alpha value is -4.81. The summed E-state index contributed by atoms with van der Waals surface area (Å²) in [6, 6.07) is 13.6. The number of nitrogens with zero attached hydrogens (tertiary/aromatic N) is 5. The van der Waals surface area contributed by atoms with Crippen molar-refractivity contribution in [2.45, 2.75) is 57.5 Å². The summed E-state index contributed by atoms with van der Waals surface area (Å²) in [7, 11) is 0. The van der Waals surface area contributed by atoms with Gasteiger partial charge in [0, 0.05) is 45.4 Å². The standard InChI is InChI=1S/C30H35N7O6/c38-26-10-13-31-29(42)30(11-15-36(16-12-30)27(39)5-2-14-37-20-32-34-35-37)19-22-3-1-4-24(17-22)43-23-8-6-21(7-9-23)18-25(33-26)28(40)41/h1,3-4,6-9,17,20,25H,2,5,10-16,18-19H2,(H,31,42)(H,33,38)(H,40,41)/t25-/m0/s1. The van der Waals surface area contributed by atoms with Gasteiger partial charge in [0.05, 0.1) is 5.41 Å². The lowest BCUT2D eigenvalue weighted by molar-refractivity contribution is -0.142. The number of nitrogens with one attached hydrogen (secondary N) is 2. The van der Waals surface area contributed by atoms with Gasteiger partial charge >= 0.3 is 5.97 Å². The smallest absolute Gasteiger partial charge is 0.326 e. The van der Waals surface area contributed by atoms with E-state index in [1.165, 1.54) is 6.33 Å². The topological polar surface area (TPSA) is 169 Å². The molecule has 226 valence electrons. The average molecular weight is 590 g/mol. The molecular weight excluding hydrogens is 554 g/mol. The number of aromatic nitrogens is 4. The number of carboxylic acid groups (broad SMARTS) is 1. The molecule has 43 heavy (non-hydrogen) atoms. The first-order valence-electron chi connectivity index (χ1n) is 14.4. The Balaban J connectivity index is 1.32. The van der Waals surface area contributed by atoms with Crippen molar-refractivity contribution in [3.05, 3.63) is 66.0 Å². The van der Waals surface area contributed by atoms with Crippen LogP contribution in [-0.2, 0) is 38.6 Å². The fraction of sp³-hybridized carbons (Fsp3) is 0.433. The molecule has 3 aliphatic heterocycles. The van der Waals surface area contributed by atoms with Gasteiger partial charge < -0.3 is 25.4 Å². The van der Waals surface area contributed by atoms with Gasteiger partial charge in [-0.1, -0.05) is 24.3 Å². The summed E-state index contributed by atoms with van der Waals surface area (Å²) in [6.07, 6.45) is 3.87. The van der Waals surface area contributed by atoms with Crippen molar-refractivity contribution in [3.8, 4) is 11.5 Å². The Bertz CT molecular complexity index is 1440. The molecule has 6 rings (SSSR count). The second kappa shape index (κ2) is 13.4. The number of likely N-dealkylation sites (tertiary alicyclic amines) is 1. The summed E-state index contributed by atoms with van der Waals surface area (Å²) in [4.78, 5) is 52.9. The minimum atomic E-state index is -1.14. The molecule has 1 spiro atoms. The molecule has 1 atom stereocenters. The summed E-state index contributed by atoms with van der Waals surface area (Å²) in [5.41, 5.74) is 0.866. The third kappa shape index (κ3) is 7.73. The minimum Gasteiger partial charge on any atom is -0.480 e. The lowest BCUT2D eigenvalue weighted by Crippen LogP contribution is -2.51. The zero-order valence-electron chi connectivity index (χ0n) is 23.8. The third-order valence-corrected chi connectivity index (χ3v) is 8.04. The molecule has 3 N–H and O–H groups in total. The summed E-state index contributed by atoms with van der Waals surface area (Å²) in [5.74, 6) is -0.569. The second-order valence-electron chi connectivity index (χ2n) is 11.1. The van der Waals surface area contributed by atoms with Gasteiger partial charge in [0.1, 0.15) is 23.9 Å². The Morgan fingerprint density at radius 3 is 2.56 bits per heavy atom. The molecule has 4 heterocycles. The quantitative estimate of drug-likeness (QED) is 0.401. The number of aryl methyl sites for hydroxylation is 1. The van der Waals surface area contributed by atoms with Gasteiger partial charge in [-0.3, -0.25) is 14.4 Å². The molecule has 0 aliphatic carbocycles. The number of hydrogen-bond donors (Lipinski definition) is 3. The van der Waals surface area contributed by atoms with E-state index in [2.05, 4.69) is 26.2 Å². The zero-order valence-corrected chi connectivity index (χ0v) is 23.8. The Kier molecular flexibility index (Phi) is 9.28. The number of ether oxygens (including phenoxy) is 1. The number of piperidine rings is 1. The monoisotopic (exact) mass is 589 g/mol. The van der Waals surface area contributed by atoms with Crippen molar-refractivity contribution >= 4 is 23.7 Å². The van der Waals surface area contributed by atoms with Crippen LogP contribution in [0.3, 0.4) is 0 Å². The van der Waals surface area contributed by atoms with Crippen LogP contribution in [-0.4, -0.2) is 79.6 Å². The van der Waals surface area contributed by atoms with Crippen LogP contribution in [0.5, 0.6) is 11.5 Å². The summed E-state index contributed by atoms with van der Waals surface area (Å²) in [6.45, 7) is 1.47. The van der Waals surface area contributed by atoms with E-state index in [1.54, 1.807) is 33.8 Å². The molecule has 1 fully saturated rings. The molecular formula is C30H35N7O6. The molecule has 0 radical (unpaired) electrons. The van der Waals surface area contributed by atoms with Crippen LogP contribution in [0.25, 0.3) is 0 Å². The number of carbonyl (C=O) groups is 4. The van der Waals surface area contributed by atoms with Gasteiger partial charge in [0.2, 0.25) is 17.7 Å². The van der Waals surface area contributed by atoms with Crippen LogP contribution in [0.15, 0.2) is 54.9 Å². The summed E-state index contributed by atoms with van der Waals surface area (Å²) < 4.78 is 7.65. The normalized spacial score (nSPS) is 19.1. The number of aliphatic carboxylic acids is 1. The Morgan fingerprint density at radius 1 is 1.05 bits per heavy atom. The van der Waals surface area contributed by atoms with Crippen LogP contribution in [0.4, 0.5) is 0 Å². The van der Waals surface area contributed by atoms with E-state index >= 15 is 0 Å². The number of carbonyl (C=O) groups excluding carboxylic acids is 3. The molecule has 1 aromatic heterocycles. The highest BCUT2D eigenvalue weighted by Crippen LogP contribution is 2.37. The number of rotatable bonds is 5. The zero-order chi connectivity index (χ0) is 30.2. The molecule has 3 aliphatic rings. The molecule has 13 nitrogen and oxygen atoms in total. The maximum Gasteiger partial charge on any atom is 0.326 e. The highest BCUT2D eigenvalue weighted by Gasteiger charge is 2.42. The lowest BCUT2D eigenvalue weighted by atomic mass is 9.72. The van der Waals surface area contributed by atoms with E-state index in [-0.39, 0.29) is 31.2 Å². The van der Waals surface area contributed by atoms with Gasteiger partial charge in [-0.05, 0) is 71.5 Å². The number of carboxylic acids is 1. The summed E-state index contributed by atoms with van der Waals surface area (Å²) in [5, 5.41) is 26.2. The highest BCUT2D eigenvalue weighted by atomic mass is 16.5. The summed E-state index contributed by atoms with van der Waals surface area (Å²) >= 11 is 0. The van der Waals surface area contributed by atoms with Gasteiger partial charge in [-0.15, -0.1) is 5.10 Å². The fourth-order valence-electron chi connectivity index (χ4n) is 5.62. The molecule has 1 saturated heterocycles. The number of amides is 3. The molecule has 2 aromatic carbocycles. The highest BCUT2D eigenvalue weighted by molar-refractivity contribution is 5.86. The van der Waals surface area contributed by atoms with Gasteiger partial charge in [0.25, 0.3) is 0 Å². The average Bonchev–Trinajstić information content (AvgIpc) is 3.51. The predicted molar refractivity (Wildman–Crippen MR) is 153 cm³/mol. The maximum atomic E-state index is 13.7. The fourth-order valence-corrected chi connectivity index (χ4v) is 5.62. The van der Waals surface area contributed by atoms with Gasteiger partial charge in [-0.2, -0.15) is 0 Å². The van der Waals surface area contributed by atoms with Crippen LogP contribution >= 0.6 is 0 Å². The van der Waals surface area contributed by atoms with E-state index in [4.69, 9.17) is 4.74 Å². The molecule has 13 heteroatoms. The first-order valence-corrected chi connectivity index (χ1v) is 14.4. The third-order valence-electron chi connectivity index (χ3n) is 8.04. The molecule has 0 unspecified atom stereocenters. The van der Waals surface area contributed by atoms with Crippen molar-refractivity contribution in [2.24, 2.45) is 5.41 Å². The molecule has 4 bridgehead atoms. The van der Waals surface area contributed by atoms with E-state index in [0.29, 0.717) is 63.2 Å². The Morgan fingerprint density at radius 2 is 1.84 bits per heavy atom. The van der Waals surface area contributed by atoms with Crippen molar-refractivity contribution < 1.29 is 29.0 Å².